The van der Waals surface area contributed by atoms with E-state index in [0.29, 0.717) is 25.4 Å². The normalized spacial score (nSPS) is 18.1. The van der Waals surface area contributed by atoms with Crippen molar-refractivity contribution in [1.29, 1.82) is 0 Å². The highest BCUT2D eigenvalue weighted by molar-refractivity contribution is 5.76. The van der Waals surface area contributed by atoms with E-state index in [4.69, 9.17) is 5.73 Å². The minimum atomic E-state index is 0.0192. The van der Waals surface area contributed by atoms with Crippen molar-refractivity contribution < 1.29 is 4.79 Å². The van der Waals surface area contributed by atoms with Crippen LogP contribution in [0, 0.1) is 11.3 Å². The standard InChI is InChI=1S/C12H24N2O/c1-12(2,8-13)9-14-11(15)7-10-5-3-4-6-10/h10H,3-9,13H2,1-2H3,(H,14,15). The van der Waals surface area contributed by atoms with E-state index in [-0.39, 0.29) is 11.3 Å². The number of nitrogens with two attached hydrogens (primary N) is 1. The molecule has 3 nitrogen and oxygen atoms in total. The van der Waals surface area contributed by atoms with Crippen molar-refractivity contribution in [3.63, 3.8) is 0 Å². The van der Waals surface area contributed by atoms with Gasteiger partial charge in [-0.25, -0.2) is 0 Å². The van der Waals surface area contributed by atoms with E-state index in [9.17, 15) is 4.79 Å². The lowest BCUT2D eigenvalue weighted by Crippen LogP contribution is -2.38. The molecule has 15 heavy (non-hydrogen) atoms. The summed E-state index contributed by atoms with van der Waals surface area (Å²) in [4.78, 5) is 11.6. The molecule has 0 aliphatic heterocycles. The molecular formula is C12H24N2O. The molecule has 0 spiro atoms. The summed E-state index contributed by atoms with van der Waals surface area (Å²) < 4.78 is 0. The van der Waals surface area contributed by atoms with Gasteiger partial charge in [0.1, 0.15) is 0 Å². The average Bonchev–Trinajstić information content (AvgIpc) is 2.68. The quantitative estimate of drug-likeness (QED) is 0.728. The van der Waals surface area contributed by atoms with Gasteiger partial charge in [0.05, 0.1) is 0 Å². The lowest BCUT2D eigenvalue weighted by Gasteiger charge is -2.23. The lowest BCUT2D eigenvalue weighted by molar-refractivity contribution is -0.122. The molecule has 1 fully saturated rings. The summed E-state index contributed by atoms with van der Waals surface area (Å²) in [6.45, 7) is 5.44. The fourth-order valence-corrected chi connectivity index (χ4v) is 1.96. The van der Waals surface area contributed by atoms with E-state index in [1.54, 1.807) is 0 Å². The Morgan fingerprint density at radius 1 is 1.40 bits per heavy atom. The number of nitrogens with one attached hydrogen (secondary N) is 1. The Morgan fingerprint density at radius 2 is 2.00 bits per heavy atom. The van der Waals surface area contributed by atoms with Crippen LogP contribution in [-0.4, -0.2) is 19.0 Å². The predicted octanol–water partition coefficient (Wildman–Crippen LogP) is 1.67. The van der Waals surface area contributed by atoms with Crippen LogP contribution in [0.1, 0.15) is 46.0 Å². The van der Waals surface area contributed by atoms with Crippen LogP contribution in [0.5, 0.6) is 0 Å². The molecule has 1 aliphatic carbocycles. The molecule has 0 saturated heterocycles. The van der Waals surface area contributed by atoms with Gasteiger partial charge in [0.15, 0.2) is 0 Å². The van der Waals surface area contributed by atoms with Crippen LogP contribution >= 0.6 is 0 Å². The maximum Gasteiger partial charge on any atom is 0.220 e. The SMILES string of the molecule is CC(C)(CN)CNC(=O)CC1CCCC1. The Hall–Kier alpha value is -0.570. The molecule has 1 saturated carbocycles. The van der Waals surface area contributed by atoms with Crippen molar-refractivity contribution in [2.24, 2.45) is 17.1 Å². The van der Waals surface area contributed by atoms with E-state index < -0.39 is 0 Å². The van der Waals surface area contributed by atoms with E-state index in [1.165, 1.54) is 25.7 Å². The Bertz CT molecular complexity index is 208. The predicted molar refractivity (Wildman–Crippen MR) is 62.4 cm³/mol. The highest BCUT2D eigenvalue weighted by atomic mass is 16.1. The van der Waals surface area contributed by atoms with Crippen LogP contribution in [0.15, 0.2) is 0 Å². The van der Waals surface area contributed by atoms with Crippen molar-refractivity contribution >= 4 is 5.91 Å². The number of carbonyl (C=O) groups is 1. The summed E-state index contributed by atoms with van der Waals surface area (Å²) in [6, 6.07) is 0. The first-order chi connectivity index (χ1) is 7.03. The number of hydrogen-bond acceptors (Lipinski definition) is 2. The number of hydrogen-bond donors (Lipinski definition) is 2. The largest absolute Gasteiger partial charge is 0.356 e. The second-order valence-corrected chi connectivity index (χ2v) is 5.50. The van der Waals surface area contributed by atoms with Crippen LogP contribution in [-0.2, 0) is 4.79 Å². The van der Waals surface area contributed by atoms with Crippen LogP contribution < -0.4 is 11.1 Å². The van der Waals surface area contributed by atoms with Gasteiger partial charge in [0, 0.05) is 13.0 Å². The van der Waals surface area contributed by atoms with Crippen LogP contribution in [0.3, 0.4) is 0 Å². The van der Waals surface area contributed by atoms with Gasteiger partial charge in [-0.1, -0.05) is 26.7 Å². The van der Waals surface area contributed by atoms with Gasteiger partial charge < -0.3 is 11.1 Å². The van der Waals surface area contributed by atoms with E-state index >= 15 is 0 Å². The summed E-state index contributed by atoms with van der Waals surface area (Å²) in [5.41, 5.74) is 5.62. The van der Waals surface area contributed by atoms with Gasteiger partial charge in [0.25, 0.3) is 0 Å². The number of rotatable bonds is 5. The Labute approximate surface area is 92.8 Å². The van der Waals surface area contributed by atoms with E-state index in [2.05, 4.69) is 19.2 Å². The fourth-order valence-electron chi connectivity index (χ4n) is 1.96. The Balaban J connectivity index is 2.18. The second-order valence-electron chi connectivity index (χ2n) is 5.50. The van der Waals surface area contributed by atoms with Gasteiger partial charge in [-0.15, -0.1) is 0 Å². The first kappa shape index (κ1) is 12.5. The first-order valence-corrected chi connectivity index (χ1v) is 6.00. The number of carbonyl (C=O) groups excluding carboxylic acids is 1. The first-order valence-electron chi connectivity index (χ1n) is 6.00. The zero-order valence-electron chi connectivity index (χ0n) is 10.0. The molecule has 0 bridgehead atoms. The van der Waals surface area contributed by atoms with Crippen molar-refractivity contribution in [3.8, 4) is 0 Å². The zero-order chi connectivity index (χ0) is 11.3. The highest BCUT2D eigenvalue weighted by Crippen LogP contribution is 2.27. The van der Waals surface area contributed by atoms with Crippen molar-refractivity contribution in [2.45, 2.75) is 46.0 Å². The van der Waals surface area contributed by atoms with Gasteiger partial charge >= 0.3 is 0 Å². The summed E-state index contributed by atoms with van der Waals surface area (Å²) in [5.74, 6) is 0.828. The van der Waals surface area contributed by atoms with Gasteiger partial charge in [-0.2, -0.15) is 0 Å². The van der Waals surface area contributed by atoms with Gasteiger partial charge in [0.2, 0.25) is 5.91 Å². The Morgan fingerprint density at radius 3 is 2.53 bits per heavy atom. The lowest BCUT2D eigenvalue weighted by atomic mass is 9.93. The monoisotopic (exact) mass is 212 g/mol. The maximum absolute atomic E-state index is 11.6. The van der Waals surface area contributed by atoms with E-state index in [1.807, 2.05) is 0 Å². The molecule has 0 heterocycles. The molecule has 0 aromatic heterocycles. The third kappa shape index (κ3) is 4.65. The molecule has 3 heteroatoms. The van der Waals surface area contributed by atoms with Crippen LogP contribution in [0.4, 0.5) is 0 Å². The second kappa shape index (κ2) is 5.50. The third-order valence-corrected chi connectivity index (χ3v) is 3.27. The summed E-state index contributed by atoms with van der Waals surface area (Å²) in [5, 5.41) is 2.98. The van der Waals surface area contributed by atoms with Crippen molar-refractivity contribution in [3.05, 3.63) is 0 Å². The topological polar surface area (TPSA) is 55.1 Å². The molecular weight excluding hydrogens is 188 g/mol. The number of amides is 1. The smallest absolute Gasteiger partial charge is 0.220 e. The van der Waals surface area contributed by atoms with Gasteiger partial charge in [-0.05, 0) is 30.7 Å². The van der Waals surface area contributed by atoms with Crippen LogP contribution in [0.25, 0.3) is 0 Å². The molecule has 1 amide bonds. The zero-order valence-corrected chi connectivity index (χ0v) is 10.0. The molecule has 3 N–H and O–H groups in total. The molecule has 1 aliphatic rings. The van der Waals surface area contributed by atoms with Crippen molar-refractivity contribution in [1.82, 2.24) is 5.32 Å². The molecule has 0 aromatic carbocycles. The molecule has 0 aromatic rings. The minimum absolute atomic E-state index is 0.0192. The minimum Gasteiger partial charge on any atom is -0.356 e. The summed E-state index contributed by atoms with van der Waals surface area (Å²) >= 11 is 0. The van der Waals surface area contributed by atoms with Crippen molar-refractivity contribution in [2.75, 3.05) is 13.1 Å². The highest BCUT2D eigenvalue weighted by Gasteiger charge is 2.20. The molecule has 1 rings (SSSR count). The molecule has 0 unspecified atom stereocenters. The Kier molecular flexibility index (Phi) is 4.58. The molecule has 0 atom stereocenters. The van der Waals surface area contributed by atoms with Gasteiger partial charge in [-0.3, -0.25) is 4.79 Å². The van der Waals surface area contributed by atoms with E-state index in [0.717, 1.165) is 0 Å². The summed E-state index contributed by atoms with van der Waals surface area (Å²) in [6.07, 6.45) is 5.76. The average molecular weight is 212 g/mol. The summed E-state index contributed by atoms with van der Waals surface area (Å²) in [7, 11) is 0. The molecule has 0 radical (unpaired) electrons. The fraction of sp³-hybridized carbons (Fsp3) is 0.917. The third-order valence-electron chi connectivity index (χ3n) is 3.27. The van der Waals surface area contributed by atoms with Crippen LogP contribution in [0.2, 0.25) is 0 Å². The maximum atomic E-state index is 11.6. The molecule has 88 valence electrons.